The van der Waals surface area contributed by atoms with Gasteiger partial charge in [0.2, 0.25) is 0 Å². The Labute approximate surface area is 89.6 Å². The normalized spacial score (nSPS) is 22.9. The zero-order valence-corrected chi connectivity index (χ0v) is 8.38. The summed E-state index contributed by atoms with van der Waals surface area (Å²) in [6.45, 7) is 0. The maximum atomic E-state index is 10.6. The van der Waals surface area contributed by atoms with Gasteiger partial charge in [0.15, 0.2) is 0 Å². The van der Waals surface area contributed by atoms with Gasteiger partial charge in [-0.05, 0) is 18.3 Å². The maximum Gasteiger partial charge on any atom is 0.490 e. The molecule has 2 saturated carbocycles. The maximum absolute atomic E-state index is 10.6. The lowest BCUT2D eigenvalue weighted by Crippen LogP contribution is -2.53. The van der Waals surface area contributed by atoms with Gasteiger partial charge in [-0.2, -0.15) is 13.2 Å². The Hall–Kier alpha value is -1.11. The fraction of sp³-hybridized carbons (Fsp3) is 0.778. The molecule has 2 aliphatic carbocycles. The third-order valence-corrected chi connectivity index (χ3v) is 2.78. The van der Waals surface area contributed by atoms with Crippen LogP contribution in [-0.2, 0) is 9.59 Å². The van der Waals surface area contributed by atoms with E-state index < -0.39 is 12.1 Å². The number of carbonyl (C=O) groups is 2. The van der Waals surface area contributed by atoms with E-state index in [1.54, 1.807) is 0 Å². The summed E-state index contributed by atoms with van der Waals surface area (Å²) < 4.78 is 31.7. The highest BCUT2D eigenvalue weighted by Gasteiger charge is 2.51. The molecular formula is C9H12F3NO3. The summed E-state index contributed by atoms with van der Waals surface area (Å²) >= 11 is 0. The van der Waals surface area contributed by atoms with Gasteiger partial charge in [0, 0.05) is 18.9 Å². The molecular weight excluding hydrogens is 227 g/mol. The summed E-state index contributed by atoms with van der Waals surface area (Å²) in [6.07, 6.45) is -1.25. The molecule has 0 aromatic heterocycles. The van der Waals surface area contributed by atoms with Crippen LogP contribution in [0.25, 0.3) is 0 Å². The summed E-state index contributed by atoms with van der Waals surface area (Å²) in [5, 5.41) is 7.12. The first-order valence-corrected chi connectivity index (χ1v) is 4.72. The number of carboxylic acids is 1. The van der Waals surface area contributed by atoms with Gasteiger partial charge in [-0.3, -0.25) is 4.79 Å². The summed E-state index contributed by atoms with van der Waals surface area (Å²) in [6, 6.07) is 0.401. The van der Waals surface area contributed by atoms with Gasteiger partial charge in [-0.25, -0.2) is 4.79 Å². The number of aliphatic carboxylic acids is 1. The molecule has 0 aromatic carbocycles. The van der Waals surface area contributed by atoms with Crippen LogP contribution in [0.4, 0.5) is 13.2 Å². The highest BCUT2D eigenvalue weighted by Crippen LogP contribution is 2.53. The average Bonchev–Trinajstić information content (AvgIpc) is 1.98. The predicted molar refractivity (Wildman–Crippen MR) is 47.6 cm³/mol. The summed E-state index contributed by atoms with van der Waals surface area (Å²) in [4.78, 5) is 19.5. The van der Waals surface area contributed by atoms with E-state index in [-0.39, 0.29) is 0 Å². The average molecular weight is 239 g/mol. The Morgan fingerprint density at radius 2 is 1.75 bits per heavy atom. The Kier molecular flexibility index (Phi) is 3.27. The Balaban J connectivity index is 0.000000168. The number of hydrogen-bond donors (Lipinski definition) is 2. The molecule has 4 nitrogen and oxygen atoms in total. The van der Waals surface area contributed by atoms with Crippen LogP contribution in [0.15, 0.2) is 0 Å². The fourth-order valence-corrected chi connectivity index (χ4v) is 2.13. The number of alkyl halides is 3. The van der Waals surface area contributed by atoms with Crippen molar-refractivity contribution in [1.82, 2.24) is 0 Å². The van der Waals surface area contributed by atoms with Crippen LogP contribution in [0.3, 0.4) is 0 Å². The molecule has 16 heavy (non-hydrogen) atoms. The smallest absolute Gasteiger partial charge is 0.475 e. The molecule has 0 heterocycles. The molecule has 0 atom stereocenters. The number of ketones is 1. The number of carbonyl (C=O) groups excluding carboxylic acids is 1. The summed E-state index contributed by atoms with van der Waals surface area (Å²) in [7, 11) is 0. The van der Waals surface area contributed by atoms with E-state index >= 15 is 0 Å². The fourth-order valence-electron chi connectivity index (χ4n) is 2.13. The number of halogens is 3. The van der Waals surface area contributed by atoms with Crippen molar-refractivity contribution in [3.8, 4) is 0 Å². The van der Waals surface area contributed by atoms with Crippen LogP contribution in [0, 0.1) is 5.41 Å². The minimum absolute atomic E-state index is 0.401. The van der Waals surface area contributed by atoms with E-state index in [4.69, 9.17) is 15.6 Å². The van der Waals surface area contributed by atoms with Gasteiger partial charge in [0.25, 0.3) is 0 Å². The standard InChI is InChI=1S/C7H11NO.C2HF3O2/c8-5-1-7(2-5)3-6(9)4-7;3-2(4,5)1(6)7/h5H,1-4,8H2;(H,6,7). The molecule has 2 aliphatic rings. The van der Waals surface area contributed by atoms with Crippen LogP contribution in [0.5, 0.6) is 0 Å². The van der Waals surface area contributed by atoms with E-state index in [1.807, 2.05) is 0 Å². The van der Waals surface area contributed by atoms with Crippen LogP contribution in [-0.4, -0.2) is 29.1 Å². The van der Waals surface area contributed by atoms with Crippen molar-refractivity contribution in [2.75, 3.05) is 0 Å². The van der Waals surface area contributed by atoms with Crippen molar-refractivity contribution in [3.05, 3.63) is 0 Å². The van der Waals surface area contributed by atoms with Crippen molar-refractivity contribution in [3.63, 3.8) is 0 Å². The topological polar surface area (TPSA) is 80.4 Å². The summed E-state index contributed by atoms with van der Waals surface area (Å²) in [5.74, 6) is -2.32. The first kappa shape index (κ1) is 13.0. The SMILES string of the molecule is NC1CC2(CC(=O)C2)C1.O=C(O)C(F)(F)F. The molecule has 92 valence electrons. The first-order valence-electron chi connectivity index (χ1n) is 4.72. The zero-order valence-electron chi connectivity index (χ0n) is 8.38. The third kappa shape index (κ3) is 2.94. The van der Waals surface area contributed by atoms with Crippen molar-refractivity contribution in [2.24, 2.45) is 11.1 Å². The molecule has 2 fully saturated rings. The number of hydrogen-bond acceptors (Lipinski definition) is 3. The van der Waals surface area contributed by atoms with Crippen molar-refractivity contribution in [2.45, 2.75) is 37.9 Å². The van der Waals surface area contributed by atoms with Crippen molar-refractivity contribution < 1.29 is 27.9 Å². The van der Waals surface area contributed by atoms with Crippen molar-refractivity contribution >= 4 is 11.8 Å². The molecule has 0 aromatic rings. The molecule has 7 heteroatoms. The minimum atomic E-state index is -5.08. The van der Waals surface area contributed by atoms with Crippen LogP contribution in [0.1, 0.15) is 25.7 Å². The Bertz CT molecular complexity index is 298. The van der Waals surface area contributed by atoms with E-state index in [1.165, 1.54) is 0 Å². The second kappa shape index (κ2) is 4.04. The second-order valence-electron chi connectivity index (χ2n) is 4.36. The second-order valence-corrected chi connectivity index (χ2v) is 4.36. The monoisotopic (exact) mass is 239 g/mol. The molecule has 0 bridgehead atoms. The van der Waals surface area contributed by atoms with E-state index in [0.29, 0.717) is 17.2 Å². The summed E-state index contributed by atoms with van der Waals surface area (Å²) in [5.41, 5.74) is 6.01. The Morgan fingerprint density at radius 1 is 1.38 bits per heavy atom. The van der Waals surface area contributed by atoms with Crippen LogP contribution < -0.4 is 5.73 Å². The zero-order chi connectivity index (χ0) is 12.6. The molecule has 2 rings (SSSR count). The van der Waals surface area contributed by atoms with Crippen molar-refractivity contribution in [1.29, 1.82) is 0 Å². The number of rotatable bonds is 0. The molecule has 0 saturated heterocycles. The third-order valence-electron chi connectivity index (χ3n) is 2.78. The number of nitrogens with two attached hydrogens (primary N) is 1. The highest BCUT2D eigenvalue weighted by atomic mass is 19.4. The van der Waals surface area contributed by atoms with E-state index in [9.17, 15) is 18.0 Å². The van der Waals surface area contributed by atoms with Gasteiger partial charge in [0.1, 0.15) is 5.78 Å². The molecule has 0 unspecified atom stereocenters. The van der Waals surface area contributed by atoms with Crippen LogP contribution >= 0.6 is 0 Å². The molecule has 1 spiro atoms. The molecule has 0 amide bonds. The molecule has 0 radical (unpaired) electrons. The molecule has 3 N–H and O–H groups in total. The van der Waals surface area contributed by atoms with Gasteiger partial charge in [-0.1, -0.05) is 0 Å². The predicted octanol–water partition coefficient (Wildman–Crippen LogP) is 1.09. The van der Waals surface area contributed by atoms with Gasteiger partial charge in [-0.15, -0.1) is 0 Å². The van der Waals surface area contributed by atoms with E-state index in [0.717, 1.165) is 25.7 Å². The lowest BCUT2D eigenvalue weighted by Gasteiger charge is -2.51. The van der Waals surface area contributed by atoms with E-state index in [2.05, 4.69) is 0 Å². The highest BCUT2D eigenvalue weighted by molar-refractivity contribution is 5.86. The van der Waals surface area contributed by atoms with Crippen LogP contribution in [0.2, 0.25) is 0 Å². The first-order chi connectivity index (χ1) is 7.15. The Morgan fingerprint density at radius 3 is 1.94 bits per heavy atom. The lowest BCUT2D eigenvalue weighted by atomic mass is 9.54. The van der Waals surface area contributed by atoms with Gasteiger partial charge in [0.05, 0.1) is 0 Å². The van der Waals surface area contributed by atoms with Gasteiger partial charge < -0.3 is 10.8 Å². The number of Topliss-reactive ketones (excluding diaryl/α,β-unsaturated/α-hetero) is 1. The number of carboxylic acid groups (broad SMARTS) is 1. The largest absolute Gasteiger partial charge is 0.490 e. The minimum Gasteiger partial charge on any atom is -0.475 e. The van der Waals surface area contributed by atoms with Gasteiger partial charge >= 0.3 is 12.1 Å². The molecule has 0 aliphatic heterocycles. The quantitative estimate of drug-likeness (QED) is 0.663. The lowest BCUT2D eigenvalue weighted by molar-refractivity contribution is -0.192.